The Labute approximate surface area is 166 Å². The average Bonchev–Trinajstić information content (AvgIpc) is 3.41. The van der Waals surface area contributed by atoms with E-state index in [1.165, 1.54) is 23.3 Å². The van der Waals surface area contributed by atoms with E-state index in [0.29, 0.717) is 18.4 Å². The monoisotopic (exact) mass is 383 g/mol. The lowest BCUT2D eigenvalue weighted by Crippen LogP contribution is -2.49. The van der Waals surface area contributed by atoms with Crippen LogP contribution in [-0.2, 0) is 21.6 Å². The van der Waals surface area contributed by atoms with Gasteiger partial charge in [0.05, 0.1) is 18.6 Å². The van der Waals surface area contributed by atoms with Gasteiger partial charge in [-0.15, -0.1) is 11.3 Å². The van der Waals surface area contributed by atoms with Gasteiger partial charge in [0, 0.05) is 18.0 Å². The van der Waals surface area contributed by atoms with Crippen molar-refractivity contribution in [2.45, 2.75) is 50.5 Å². The van der Waals surface area contributed by atoms with Crippen LogP contribution in [0.2, 0.25) is 0 Å². The number of carbonyl (C=O) groups excluding carboxylic acids is 1. The Morgan fingerprint density at radius 2 is 1.93 bits per heavy atom. The SMILES string of the molecule is O=C(N1CCCC(COCc2ccccc2)C1)C1(c2cccs2)CCCC1. The summed E-state index contributed by atoms with van der Waals surface area (Å²) in [6, 6.07) is 14.6. The first-order chi connectivity index (χ1) is 13.3. The molecule has 1 unspecified atom stereocenters. The molecule has 2 aliphatic rings. The van der Waals surface area contributed by atoms with Crippen LogP contribution in [0.25, 0.3) is 0 Å². The van der Waals surface area contributed by atoms with Crippen LogP contribution >= 0.6 is 11.3 Å². The summed E-state index contributed by atoms with van der Waals surface area (Å²) in [5, 5.41) is 2.11. The molecule has 1 amide bonds. The fourth-order valence-corrected chi connectivity index (χ4v) is 5.68. The lowest BCUT2D eigenvalue weighted by atomic mass is 9.82. The highest BCUT2D eigenvalue weighted by atomic mass is 32.1. The van der Waals surface area contributed by atoms with Crippen LogP contribution in [0.4, 0.5) is 0 Å². The molecule has 144 valence electrons. The lowest BCUT2D eigenvalue weighted by Gasteiger charge is -2.38. The maximum absolute atomic E-state index is 13.6. The van der Waals surface area contributed by atoms with Gasteiger partial charge in [0.25, 0.3) is 0 Å². The van der Waals surface area contributed by atoms with Crippen LogP contribution < -0.4 is 0 Å². The summed E-state index contributed by atoms with van der Waals surface area (Å²) < 4.78 is 5.97. The van der Waals surface area contributed by atoms with E-state index in [1.54, 1.807) is 11.3 Å². The molecular weight excluding hydrogens is 354 g/mol. The topological polar surface area (TPSA) is 29.5 Å². The fraction of sp³-hybridized carbons (Fsp3) is 0.522. The standard InChI is InChI=1S/C23H29NO2S/c25-22(23(12-4-5-13-23)21-11-7-15-27-21)24-14-6-10-20(16-24)18-26-17-19-8-2-1-3-9-19/h1-3,7-9,11,15,20H,4-6,10,12-14,16-18H2. The van der Waals surface area contributed by atoms with Gasteiger partial charge in [-0.2, -0.15) is 0 Å². The molecule has 0 N–H and O–H groups in total. The quantitative estimate of drug-likeness (QED) is 0.701. The van der Waals surface area contributed by atoms with Crippen LogP contribution in [0, 0.1) is 5.92 Å². The fourth-order valence-electron chi connectivity index (χ4n) is 4.70. The van der Waals surface area contributed by atoms with Crippen molar-refractivity contribution in [3.63, 3.8) is 0 Å². The number of thiophene rings is 1. The number of piperidine rings is 1. The van der Waals surface area contributed by atoms with E-state index in [-0.39, 0.29) is 5.41 Å². The largest absolute Gasteiger partial charge is 0.376 e. The molecule has 1 atom stereocenters. The van der Waals surface area contributed by atoms with Crippen molar-refractivity contribution in [3.8, 4) is 0 Å². The second-order valence-corrected chi connectivity index (χ2v) is 8.97. The molecule has 1 aliphatic heterocycles. The number of hydrogen-bond donors (Lipinski definition) is 0. The summed E-state index contributed by atoms with van der Waals surface area (Å²) in [5.41, 5.74) is 0.963. The average molecular weight is 384 g/mol. The van der Waals surface area contributed by atoms with Gasteiger partial charge in [-0.1, -0.05) is 49.2 Å². The molecule has 1 aromatic carbocycles. The number of nitrogens with zero attached hydrogens (tertiary/aromatic N) is 1. The van der Waals surface area contributed by atoms with Crippen molar-refractivity contribution in [1.29, 1.82) is 0 Å². The van der Waals surface area contributed by atoms with Gasteiger partial charge < -0.3 is 9.64 Å². The van der Waals surface area contributed by atoms with Crippen molar-refractivity contribution >= 4 is 17.2 Å². The van der Waals surface area contributed by atoms with Gasteiger partial charge in [0.1, 0.15) is 0 Å². The Morgan fingerprint density at radius 3 is 2.67 bits per heavy atom. The van der Waals surface area contributed by atoms with Crippen LogP contribution in [0.3, 0.4) is 0 Å². The third-order valence-corrected chi connectivity index (χ3v) is 7.20. The van der Waals surface area contributed by atoms with E-state index in [0.717, 1.165) is 45.4 Å². The third kappa shape index (κ3) is 4.12. The normalized spacial score (nSPS) is 22.1. The van der Waals surface area contributed by atoms with E-state index < -0.39 is 0 Å². The van der Waals surface area contributed by atoms with E-state index in [1.807, 2.05) is 18.2 Å². The summed E-state index contributed by atoms with van der Waals surface area (Å²) in [7, 11) is 0. The molecule has 1 aromatic heterocycles. The molecule has 27 heavy (non-hydrogen) atoms. The van der Waals surface area contributed by atoms with Crippen LogP contribution in [0.15, 0.2) is 47.8 Å². The first-order valence-electron chi connectivity index (χ1n) is 10.2. The molecule has 1 saturated heterocycles. The van der Waals surface area contributed by atoms with Crippen LogP contribution in [-0.4, -0.2) is 30.5 Å². The van der Waals surface area contributed by atoms with Crippen molar-refractivity contribution in [2.24, 2.45) is 5.92 Å². The highest BCUT2D eigenvalue weighted by Crippen LogP contribution is 2.45. The van der Waals surface area contributed by atoms with Crippen molar-refractivity contribution in [2.75, 3.05) is 19.7 Å². The molecule has 0 spiro atoms. The number of benzene rings is 1. The molecule has 0 bridgehead atoms. The Hall–Kier alpha value is -1.65. The molecular formula is C23H29NO2S. The van der Waals surface area contributed by atoms with Crippen molar-refractivity contribution < 1.29 is 9.53 Å². The molecule has 1 aliphatic carbocycles. The summed E-state index contributed by atoms with van der Waals surface area (Å²) in [6.07, 6.45) is 6.61. The molecule has 1 saturated carbocycles. The summed E-state index contributed by atoms with van der Waals surface area (Å²) >= 11 is 1.75. The van der Waals surface area contributed by atoms with Gasteiger partial charge in [-0.05, 0) is 48.6 Å². The Bertz CT molecular complexity index is 722. The van der Waals surface area contributed by atoms with Crippen molar-refractivity contribution in [3.05, 3.63) is 58.3 Å². The van der Waals surface area contributed by atoms with Gasteiger partial charge in [0.2, 0.25) is 5.91 Å². The minimum Gasteiger partial charge on any atom is -0.376 e. The Kier molecular flexibility index (Phi) is 5.94. The first-order valence-corrected chi connectivity index (χ1v) is 11.1. The van der Waals surface area contributed by atoms with E-state index in [4.69, 9.17) is 4.74 Å². The van der Waals surface area contributed by atoms with Crippen molar-refractivity contribution in [1.82, 2.24) is 4.90 Å². The minimum atomic E-state index is -0.249. The zero-order valence-corrected chi connectivity index (χ0v) is 16.8. The molecule has 3 nitrogen and oxygen atoms in total. The molecule has 2 heterocycles. The first kappa shape index (κ1) is 18.7. The number of rotatable bonds is 6. The number of amides is 1. The lowest BCUT2D eigenvalue weighted by molar-refractivity contribution is -0.139. The zero-order chi connectivity index (χ0) is 18.5. The van der Waals surface area contributed by atoms with Gasteiger partial charge in [-0.3, -0.25) is 4.79 Å². The van der Waals surface area contributed by atoms with Gasteiger partial charge in [-0.25, -0.2) is 0 Å². The molecule has 0 radical (unpaired) electrons. The maximum atomic E-state index is 13.6. The van der Waals surface area contributed by atoms with Gasteiger partial charge in [0.15, 0.2) is 0 Å². The third-order valence-electron chi connectivity index (χ3n) is 6.13. The highest BCUT2D eigenvalue weighted by Gasteiger charge is 2.46. The molecule has 2 aromatic rings. The summed E-state index contributed by atoms with van der Waals surface area (Å²) in [4.78, 5) is 17.0. The smallest absolute Gasteiger partial charge is 0.234 e. The van der Waals surface area contributed by atoms with Gasteiger partial charge >= 0.3 is 0 Å². The predicted molar refractivity (Wildman–Crippen MR) is 110 cm³/mol. The summed E-state index contributed by atoms with van der Waals surface area (Å²) in [5.74, 6) is 0.823. The number of carbonyl (C=O) groups is 1. The van der Waals surface area contributed by atoms with Crippen LogP contribution in [0.5, 0.6) is 0 Å². The van der Waals surface area contributed by atoms with E-state index >= 15 is 0 Å². The Balaban J connectivity index is 1.36. The maximum Gasteiger partial charge on any atom is 0.234 e. The second kappa shape index (κ2) is 8.57. The number of likely N-dealkylation sites (tertiary alicyclic amines) is 1. The highest BCUT2D eigenvalue weighted by molar-refractivity contribution is 7.10. The predicted octanol–water partition coefficient (Wildman–Crippen LogP) is 5.02. The van der Waals surface area contributed by atoms with E-state index in [2.05, 4.69) is 34.5 Å². The zero-order valence-electron chi connectivity index (χ0n) is 15.9. The molecule has 4 heteroatoms. The molecule has 2 fully saturated rings. The summed E-state index contributed by atoms with van der Waals surface area (Å²) in [6.45, 7) is 3.15. The number of hydrogen-bond acceptors (Lipinski definition) is 3. The van der Waals surface area contributed by atoms with Crippen LogP contribution in [0.1, 0.15) is 49.0 Å². The van der Waals surface area contributed by atoms with E-state index in [9.17, 15) is 4.79 Å². The Morgan fingerprint density at radius 1 is 1.11 bits per heavy atom. The minimum absolute atomic E-state index is 0.249. The second-order valence-electron chi connectivity index (χ2n) is 8.03. The number of ether oxygens (including phenoxy) is 1. The molecule has 4 rings (SSSR count).